The first kappa shape index (κ1) is 9.71. The third kappa shape index (κ3) is 1.84. The van der Waals surface area contributed by atoms with Crippen molar-refractivity contribution in [3.8, 4) is 16.9 Å². The summed E-state index contributed by atoms with van der Waals surface area (Å²) in [5.74, 6) is -0.880. The van der Waals surface area contributed by atoms with E-state index >= 15 is 0 Å². The van der Waals surface area contributed by atoms with Gasteiger partial charge < -0.3 is 5.11 Å². The van der Waals surface area contributed by atoms with Gasteiger partial charge in [0.25, 0.3) is 0 Å². The first-order valence-corrected chi connectivity index (χ1v) is 4.73. The Balaban J connectivity index is 2.54. The van der Waals surface area contributed by atoms with Crippen molar-refractivity contribution in [1.29, 1.82) is 0 Å². The summed E-state index contributed by atoms with van der Waals surface area (Å²) < 4.78 is 13.1. The van der Waals surface area contributed by atoms with Gasteiger partial charge in [-0.2, -0.15) is 0 Å². The number of phenols is 1. The molecule has 0 aliphatic carbocycles. The molecule has 2 aromatic rings. The van der Waals surface area contributed by atoms with Gasteiger partial charge in [0.15, 0.2) is 11.6 Å². The number of hydrogen-bond donors (Lipinski definition) is 1. The van der Waals surface area contributed by atoms with Crippen molar-refractivity contribution in [1.82, 2.24) is 0 Å². The Labute approximate surface area is 87.8 Å². The van der Waals surface area contributed by atoms with E-state index in [0.717, 1.165) is 11.1 Å². The fourth-order valence-electron chi connectivity index (χ4n) is 1.48. The van der Waals surface area contributed by atoms with E-state index in [1.54, 1.807) is 12.1 Å². The lowest BCUT2D eigenvalue weighted by atomic mass is 10.0. The van der Waals surface area contributed by atoms with E-state index in [1.807, 2.05) is 31.2 Å². The molecule has 0 aromatic heterocycles. The zero-order chi connectivity index (χ0) is 10.8. The first-order valence-electron chi connectivity index (χ1n) is 4.73. The van der Waals surface area contributed by atoms with Gasteiger partial charge in [0.1, 0.15) is 0 Å². The van der Waals surface area contributed by atoms with Crippen molar-refractivity contribution < 1.29 is 9.50 Å². The lowest BCUT2D eigenvalue weighted by molar-refractivity contribution is 0.434. The van der Waals surface area contributed by atoms with Crippen LogP contribution in [0, 0.1) is 12.7 Å². The number of phenolic OH excluding ortho intramolecular Hbond substituents is 1. The summed E-state index contributed by atoms with van der Waals surface area (Å²) >= 11 is 0. The number of para-hydroxylation sites is 1. The van der Waals surface area contributed by atoms with Crippen molar-refractivity contribution in [3.63, 3.8) is 0 Å². The summed E-state index contributed by atoms with van der Waals surface area (Å²) in [6.45, 7) is 1.98. The topological polar surface area (TPSA) is 20.2 Å². The fourth-order valence-corrected chi connectivity index (χ4v) is 1.48. The van der Waals surface area contributed by atoms with Gasteiger partial charge in [-0.25, -0.2) is 4.39 Å². The summed E-state index contributed by atoms with van der Waals surface area (Å²) in [6.07, 6.45) is 0. The van der Waals surface area contributed by atoms with Crippen molar-refractivity contribution in [2.75, 3.05) is 0 Å². The van der Waals surface area contributed by atoms with Crippen LogP contribution in [0.1, 0.15) is 5.56 Å². The molecule has 0 saturated carbocycles. The molecule has 2 heteroatoms. The predicted octanol–water partition coefficient (Wildman–Crippen LogP) is 3.51. The van der Waals surface area contributed by atoms with E-state index in [-0.39, 0.29) is 5.75 Å². The van der Waals surface area contributed by atoms with Crippen LogP contribution in [0.5, 0.6) is 5.75 Å². The molecule has 0 unspecified atom stereocenters. The van der Waals surface area contributed by atoms with Crippen LogP contribution in [0.15, 0.2) is 42.5 Å². The quantitative estimate of drug-likeness (QED) is 0.750. The maximum absolute atomic E-state index is 13.1. The lowest BCUT2D eigenvalue weighted by Crippen LogP contribution is -1.83. The highest BCUT2D eigenvalue weighted by Gasteiger charge is 2.07. The molecule has 0 heterocycles. The molecule has 76 valence electrons. The minimum absolute atomic E-state index is 0.290. The standard InChI is InChI=1S/C13H11FO/c1-9-5-7-10(8-6-9)11-3-2-4-12(14)13(11)15/h2-8,15H,1H3. The van der Waals surface area contributed by atoms with E-state index in [4.69, 9.17) is 0 Å². The van der Waals surface area contributed by atoms with Crippen LogP contribution in [0.4, 0.5) is 4.39 Å². The van der Waals surface area contributed by atoms with Gasteiger partial charge >= 0.3 is 0 Å². The van der Waals surface area contributed by atoms with Crippen LogP contribution in [0.25, 0.3) is 11.1 Å². The average Bonchev–Trinajstić information content (AvgIpc) is 2.24. The predicted molar refractivity (Wildman–Crippen MR) is 58.2 cm³/mol. The highest BCUT2D eigenvalue weighted by Crippen LogP contribution is 2.30. The summed E-state index contributed by atoms with van der Waals surface area (Å²) in [7, 11) is 0. The highest BCUT2D eigenvalue weighted by atomic mass is 19.1. The SMILES string of the molecule is Cc1ccc(-c2cccc(F)c2O)cc1. The minimum Gasteiger partial charge on any atom is -0.504 e. The molecule has 0 saturated heterocycles. The Hall–Kier alpha value is -1.83. The summed E-state index contributed by atoms with van der Waals surface area (Å²) in [6, 6.07) is 12.1. The third-order valence-corrected chi connectivity index (χ3v) is 2.35. The van der Waals surface area contributed by atoms with Crippen LogP contribution in [-0.4, -0.2) is 5.11 Å². The van der Waals surface area contributed by atoms with Gasteiger partial charge in [0, 0.05) is 5.56 Å². The molecule has 2 aromatic carbocycles. The van der Waals surface area contributed by atoms with E-state index in [2.05, 4.69) is 0 Å². The molecule has 0 spiro atoms. The Morgan fingerprint density at radius 2 is 1.67 bits per heavy atom. The Bertz CT molecular complexity index is 474. The van der Waals surface area contributed by atoms with Gasteiger partial charge in [-0.1, -0.05) is 42.0 Å². The number of hydrogen-bond acceptors (Lipinski definition) is 1. The first-order chi connectivity index (χ1) is 7.18. The summed E-state index contributed by atoms with van der Waals surface area (Å²) in [5.41, 5.74) is 2.47. The maximum atomic E-state index is 13.1. The van der Waals surface area contributed by atoms with Crippen LogP contribution < -0.4 is 0 Å². The van der Waals surface area contributed by atoms with Crippen molar-refractivity contribution in [2.24, 2.45) is 0 Å². The van der Waals surface area contributed by atoms with E-state index < -0.39 is 5.82 Å². The van der Waals surface area contributed by atoms with E-state index in [9.17, 15) is 9.50 Å². The number of aryl methyl sites for hydroxylation is 1. The van der Waals surface area contributed by atoms with Gasteiger partial charge in [0.05, 0.1) is 0 Å². The lowest BCUT2D eigenvalue weighted by Gasteiger charge is -2.05. The van der Waals surface area contributed by atoms with Gasteiger partial charge in [-0.3, -0.25) is 0 Å². The van der Waals surface area contributed by atoms with Crippen molar-refractivity contribution in [3.05, 3.63) is 53.8 Å². The van der Waals surface area contributed by atoms with Crippen LogP contribution in [0.2, 0.25) is 0 Å². The molecule has 1 N–H and O–H groups in total. The molecule has 0 aliphatic heterocycles. The summed E-state index contributed by atoms with van der Waals surface area (Å²) in [4.78, 5) is 0. The fraction of sp³-hybridized carbons (Fsp3) is 0.0769. The zero-order valence-electron chi connectivity index (χ0n) is 8.37. The Morgan fingerprint density at radius 3 is 2.33 bits per heavy atom. The van der Waals surface area contributed by atoms with Gasteiger partial charge in [-0.05, 0) is 18.6 Å². The number of halogens is 1. The van der Waals surface area contributed by atoms with Crippen molar-refractivity contribution >= 4 is 0 Å². The maximum Gasteiger partial charge on any atom is 0.165 e. The van der Waals surface area contributed by atoms with E-state index in [1.165, 1.54) is 6.07 Å². The van der Waals surface area contributed by atoms with Crippen LogP contribution >= 0.6 is 0 Å². The molecule has 0 amide bonds. The molecule has 1 nitrogen and oxygen atoms in total. The molecule has 2 rings (SSSR count). The molecule has 0 atom stereocenters. The Kier molecular flexibility index (Phi) is 2.42. The van der Waals surface area contributed by atoms with Crippen LogP contribution in [-0.2, 0) is 0 Å². The average molecular weight is 202 g/mol. The highest BCUT2D eigenvalue weighted by molar-refractivity contribution is 5.70. The number of rotatable bonds is 1. The second kappa shape index (κ2) is 3.73. The second-order valence-electron chi connectivity index (χ2n) is 3.50. The largest absolute Gasteiger partial charge is 0.504 e. The normalized spacial score (nSPS) is 10.3. The second-order valence-corrected chi connectivity index (χ2v) is 3.50. The zero-order valence-corrected chi connectivity index (χ0v) is 8.37. The van der Waals surface area contributed by atoms with Crippen LogP contribution in [0.3, 0.4) is 0 Å². The molecule has 0 radical (unpaired) electrons. The number of aromatic hydroxyl groups is 1. The summed E-state index contributed by atoms with van der Waals surface area (Å²) in [5, 5.41) is 9.55. The van der Waals surface area contributed by atoms with Gasteiger partial charge in [-0.15, -0.1) is 0 Å². The van der Waals surface area contributed by atoms with Crippen molar-refractivity contribution in [2.45, 2.75) is 6.92 Å². The minimum atomic E-state index is -0.590. The van der Waals surface area contributed by atoms with Gasteiger partial charge in [0.2, 0.25) is 0 Å². The molecule has 0 aliphatic rings. The smallest absolute Gasteiger partial charge is 0.165 e. The number of benzene rings is 2. The third-order valence-electron chi connectivity index (χ3n) is 2.35. The monoisotopic (exact) mass is 202 g/mol. The molecule has 15 heavy (non-hydrogen) atoms. The van der Waals surface area contributed by atoms with E-state index in [0.29, 0.717) is 5.56 Å². The Morgan fingerprint density at radius 1 is 1.00 bits per heavy atom. The molecule has 0 fully saturated rings. The molecular formula is C13H11FO. The molecular weight excluding hydrogens is 191 g/mol. The molecule has 0 bridgehead atoms.